The fraction of sp³-hybridized carbons (Fsp3) is 0.800. The molecule has 0 radical (unpaired) electrons. The highest BCUT2D eigenvalue weighted by molar-refractivity contribution is 6.26. The Morgan fingerprint density at radius 2 is 1.78 bits per heavy atom. The number of halogens is 1. The minimum absolute atomic E-state index is 0.0295. The van der Waals surface area contributed by atoms with Gasteiger partial charge < -0.3 is 15.2 Å². The van der Waals surface area contributed by atoms with E-state index in [0.717, 1.165) is 19.3 Å². The summed E-state index contributed by atoms with van der Waals surface area (Å²) in [4.78, 5) is 37.2. The first kappa shape index (κ1) is 28.6. The van der Waals surface area contributed by atoms with Crippen molar-refractivity contribution in [3.63, 3.8) is 0 Å². The zero-order valence-corrected chi connectivity index (χ0v) is 21.8. The van der Waals surface area contributed by atoms with Gasteiger partial charge in [-0.1, -0.05) is 45.7 Å². The number of amides is 1. The molecule has 0 saturated heterocycles. The molecule has 6 nitrogen and oxygen atoms in total. The van der Waals surface area contributed by atoms with Gasteiger partial charge in [0, 0.05) is 31.3 Å². The van der Waals surface area contributed by atoms with Gasteiger partial charge in [0.2, 0.25) is 5.91 Å². The minimum atomic E-state index is -1.45. The number of hydrogen-bond donors (Lipinski definition) is 2. The van der Waals surface area contributed by atoms with E-state index in [0.29, 0.717) is 25.0 Å². The van der Waals surface area contributed by atoms with E-state index in [2.05, 4.69) is 26.1 Å². The molecule has 184 valence electrons. The second-order valence-electron chi connectivity index (χ2n) is 11.1. The van der Waals surface area contributed by atoms with E-state index in [1.807, 2.05) is 0 Å². The Bertz CT molecular complexity index is 720. The third-order valence-electron chi connectivity index (χ3n) is 6.69. The molecule has 1 aliphatic carbocycles. The van der Waals surface area contributed by atoms with Gasteiger partial charge in [0.25, 0.3) is 0 Å². The van der Waals surface area contributed by atoms with Crippen LogP contribution in [0.2, 0.25) is 0 Å². The lowest BCUT2D eigenvalue weighted by atomic mass is 9.56. The zero-order valence-electron chi connectivity index (χ0n) is 21.0. The molecule has 2 N–H and O–H groups in total. The first-order valence-corrected chi connectivity index (χ1v) is 12.0. The smallest absolute Gasteiger partial charge is 0.302 e. The van der Waals surface area contributed by atoms with Crippen molar-refractivity contribution in [2.45, 2.75) is 99.2 Å². The molecule has 32 heavy (non-hydrogen) atoms. The lowest BCUT2D eigenvalue weighted by Gasteiger charge is -2.52. The van der Waals surface area contributed by atoms with Crippen LogP contribution in [0.5, 0.6) is 0 Å². The Morgan fingerprint density at radius 3 is 2.28 bits per heavy atom. The number of unbranched alkanes of at least 4 members (excludes halogenated alkanes) is 1. The van der Waals surface area contributed by atoms with Crippen LogP contribution in [0.4, 0.5) is 0 Å². The summed E-state index contributed by atoms with van der Waals surface area (Å²) in [5.74, 6) is -2.09. The van der Waals surface area contributed by atoms with Crippen LogP contribution >= 0.6 is 11.6 Å². The van der Waals surface area contributed by atoms with E-state index < -0.39 is 34.9 Å². The second-order valence-corrected chi connectivity index (χ2v) is 11.3. The molecule has 1 amide bonds. The molecule has 1 saturated carbocycles. The van der Waals surface area contributed by atoms with Crippen LogP contribution in [-0.4, -0.2) is 41.0 Å². The normalized spacial score (nSPS) is 28.4. The van der Waals surface area contributed by atoms with Crippen LogP contribution in [0.1, 0.15) is 87.5 Å². The van der Waals surface area contributed by atoms with Crippen LogP contribution in [0.25, 0.3) is 0 Å². The maximum absolute atomic E-state index is 13.4. The highest BCUT2D eigenvalue weighted by Crippen LogP contribution is 2.49. The number of ketones is 1. The van der Waals surface area contributed by atoms with Gasteiger partial charge in [-0.2, -0.15) is 0 Å². The summed E-state index contributed by atoms with van der Waals surface area (Å²) < 4.78 is 5.44. The molecule has 0 spiro atoms. The fourth-order valence-corrected chi connectivity index (χ4v) is 4.82. The van der Waals surface area contributed by atoms with E-state index in [1.165, 1.54) is 12.5 Å². The van der Waals surface area contributed by atoms with Crippen molar-refractivity contribution in [2.75, 3.05) is 6.54 Å². The Kier molecular flexibility index (Phi) is 9.98. The summed E-state index contributed by atoms with van der Waals surface area (Å²) in [5.41, 5.74) is -0.277. The maximum atomic E-state index is 13.4. The van der Waals surface area contributed by atoms with Crippen LogP contribution < -0.4 is 5.32 Å². The summed E-state index contributed by atoms with van der Waals surface area (Å²) in [6, 6.07) is 0. The third kappa shape index (κ3) is 7.31. The molecule has 1 fully saturated rings. The van der Waals surface area contributed by atoms with Crippen molar-refractivity contribution in [3.05, 3.63) is 11.1 Å². The highest BCUT2D eigenvalue weighted by Gasteiger charge is 2.60. The Labute approximate surface area is 198 Å². The van der Waals surface area contributed by atoms with E-state index in [4.69, 9.17) is 16.3 Å². The monoisotopic (exact) mass is 471 g/mol. The van der Waals surface area contributed by atoms with Crippen LogP contribution in [-0.2, 0) is 19.1 Å². The van der Waals surface area contributed by atoms with Crippen LogP contribution in [0.15, 0.2) is 11.1 Å². The highest BCUT2D eigenvalue weighted by atomic mass is 35.5. The molecule has 0 aliphatic heterocycles. The summed E-state index contributed by atoms with van der Waals surface area (Å²) >= 11 is 6.09. The topological polar surface area (TPSA) is 92.7 Å². The van der Waals surface area contributed by atoms with Gasteiger partial charge in [-0.25, -0.2) is 0 Å². The van der Waals surface area contributed by atoms with Gasteiger partial charge in [0.15, 0.2) is 5.78 Å². The standard InChI is InChI=1S/C25H42ClNO5/c1-16-22(32-17(2)28)24(6,7)21(30)20(25(16,8)31)18(15-26)12-14-27-19(29)11-9-10-13-23(3,4)5/h15-16,20,22,31H,9-14H2,1-8H3,(H,27,29)/b18-15-/t16-,20+,22+,25+/m1/s1. The third-order valence-corrected chi connectivity index (χ3v) is 6.97. The summed E-state index contributed by atoms with van der Waals surface area (Å²) in [5, 5.41) is 14.2. The number of hydrogen-bond acceptors (Lipinski definition) is 5. The molecule has 0 heterocycles. The molecule has 0 unspecified atom stereocenters. The predicted molar refractivity (Wildman–Crippen MR) is 127 cm³/mol. The Balaban J connectivity index is 2.79. The first-order valence-electron chi connectivity index (χ1n) is 11.6. The molecular weight excluding hydrogens is 430 g/mol. The molecule has 0 aromatic carbocycles. The van der Waals surface area contributed by atoms with Crippen molar-refractivity contribution >= 4 is 29.3 Å². The largest absolute Gasteiger partial charge is 0.461 e. The maximum Gasteiger partial charge on any atom is 0.302 e. The van der Waals surface area contributed by atoms with Gasteiger partial charge in [0.05, 0.1) is 16.9 Å². The van der Waals surface area contributed by atoms with Crippen molar-refractivity contribution in [1.82, 2.24) is 5.32 Å². The van der Waals surface area contributed by atoms with Gasteiger partial charge in [-0.3, -0.25) is 14.4 Å². The fourth-order valence-electron chi connectivity index (χ4n) is 4.58. The Hall–Kier alpha value is -1.40. The SMILES string of the molecule is CC(=O)O[C@H]1[C@@H](C)[C@](C)(O)[C@@H](/C(=C\Cl)CCNC(=O)CCCCC(C)(C)C)C(=O)C1(C)C. The lowest BCUT2D eigenvalue weighted by molar-refractivity contribution is -0.192. The quantitative estimate of drug-likeness (QED) is 0.373. The molecular formula is C25H42ClNO5. The number of carbonyl (C=O) groups excluding carboxylic acids is 3. The Morgan fingerprint density at radius 1 is 1.19 bits per heavy atom. The minimum Gasteiger partial charge on any atom is -0.461 e. The number of rotatable bonds is 9. The van der Waals surface area contributed by atoms with Gasteiger partial charge >= 0.3 is 5.97 Å². The number of Topliss-reactive ketones (excluding diaryl/α,β-unsaturated/α-hetero) is 1. The van der Waals surface area contributed by atoms with Gasteiger partial charge in [-0.05, 0) is 51.0 Å². The summed E-state index contributed by atoms with van der Waals surface area (Å²) in [7, 11) is 0. The predicted octanol–water partition coefficient (Wildman–Crippen LogP) is 4.77. The number of aliphatic hydroxyl groups is 1. The van der Waals surface area contributed by atoms with E-state index in [9.17, 15) is 19.5 Å². The van der Waals surface area contributed by atoms with Crippen molar-refractivity contribution < 1.29 is 24.2 Å². The van der Waals surface area contributed by atoms with Crippen molar-refractivity contribution in [1.29, 1.82) is 0 Å². The molecule has 4 atom stereocenters. The number of esters is 1. The van der Waals surface area contributed by atoms with E-state index >= 15 is 0 Å². The molecule has 0 aromatic rings. The summed E-state index contributed by atoms with van der Waals surface area (Å²) in [6.45, 7) is 15.0. The second kappa shape index (κ2) is 11.1. The zero-order chi connectivity index (χ0) is 24.9. The van der Waals surface area contributed by atoms with Gasteiger partial charge in [-0.15, -0.1) is 0 Å². The number of carbonyl (C=O) groups is 3. The first-order chi connectivity index (χ1) is 14.6. The van der Waals surface area contributed by atoms with Crippen molar-refractivity contribution in [3.8, 4) is 0 Å². The molecule has 7 heteroatoms. The van der Waals surface area contributed by atoms with Gasteiger partial charge in [0.1, 0.15) is 6.10 Å². The molecule has 0 bridgehead atoms. The number of nitrogens with one attached hydrogen (secondary N) is 1. The summed E-state index contributed by atoms with van der Waals surface area (Å²) in [6.07, 6.45) is 2.97. The lowest BCUT2D eigenvalue weighted by Crippen LogP contribution is -2.63. The van der Waals surface area contributed by atoms with E-state index in [1.54, 1.807) is 27.7 Å². The van der Waals surface area contributed by atoms with Crippen LogP contribution in [0, 0.1) is 22.7 Å². The average Bonchev–Trinajstić information content (AvgIpc) is 2.65. The molecule has 1 aliphatic rings. The molecule has 0 aromatic heterocycles. The average molecular weight is 472 g/mol. The van der Waals surface area contributed by atoms with Crippen molar-refractivity contribution in [2.24, 2.45) is 22.7 Å². The van der Waals surface area contributed by atoms with Crippen LogP contribution in [0.3, 0.4) is 0 Å². The molecule has 1 rings (SSSR count). The van der Waals surface area contributed by atoms with E-state index in [-0.39, 0.29) is 17.1 Å². The number of ether oxygens (including phenoxy) is 1.